The molecular formula is C22H35NO7. The summed E-state index contributed by atoms with van der Waals surface area (Å²) in [7, 11) is 3.08. The summed E-state index contributed by atoms with van der Waals surface area (Å²) in [5.41, 5.74) is 0.851. The highest BCUT2D eigenvalue weighted by Crippen LogP contribution is 2.31. The standard InChI is InChI=1S/C22H35NO7/c1-9-28-20(24)19(29-14(2)3)11-15-10-16(18(27-8)12-17(15)26-7)13-23-21(25)30-22(4,5)6/h10,12,14,19H,9,11,13H2,1-8H3,(H,23,25). The molecule has 30 heavy (non-hydrogen) atoms. The normalized spacial score (nSPS) is 12.3. The maximum atomic E-state index is 12.4. The fourth-order valence-electron chi connectivity index (χ4n) is 2.77. The number of rotatable bonds is 10. The summed E-state index contributed by atoms with van der Waals surface area (Å²) in [6.07, 6.45) is -1.21. The topological polar surface area (TPSA) is 92.3 Å². The van der Waals surface area contributed by atoms with E-state index in [-0.39, 0.29) is 25.7 Å². The van der Waals surface area contributed by atoms with Gasteiger partial charge in [-0.3, -0.25) is 0 Å². The van der Waals surface area contributed by atoms with E-state index in [0.29, 0.717) is 17.1 Å². The number of nitrogens with one attached hydrogen (secondary N) is 1. The Morgan fingerprint density at radius 1 is 1.03 bits per heavy atom. The largest absolute Gasteiger partial charge is 0.496 e. The molecule has 0 aliphatic carbocycles. The molecule has 170 valence electrons. The summed E-state index contributed by atoms with van der Waals surface area (Å²) < 4.78 is 27.1. The lowest BCUT2D eigenvalue weighted by atomic mass is 10.0. The Balaban J connectivity index is 3.13. The second-order valence-electron chi connectivity index (χ2n) is 7.96. The fourth-order valence-corrected chi connectivity index (χ4v) is 2.77. The summed E-state index contributed by atoms with van der Waals surface area (Å²) in [5, 5.41) is 2.72. The van der Waals surface area contributed by atoms with Crippen molar-refractivity contribution in [3.63, 3.8) is 0 Å². The molecule has 1 amide bonds. The van der Waals surface area contributed by atoms with Gasteiger partial charge in [0.1, 0.15) is 17.1 Å². The van der Waals surface area contributed by atoms with Crippen molar-refractivity contribution < 1.29 is 33.3 Å². The molecular weight excluding hydrogens is 390 g/mol. The van der Waals surface area contributed by atoms with Gasteiger partial charge in [0, 0.05) is 24.6 Å². The Kier molecular flexibility index (Phi) is 9.92. The zero-order valence-corrected chi connectivity index (χ0v) is 19.3. The lowest BCUT2D eigenvalue weighted by molar-refractivity contribution is -0.159. The summed E-state index contributed by atoms with van der Waals surface area (Å²) in [4.78, 5) is 24.4. The lowest BCUT2D eigenvalue weighted by Crippen LogP contribution is -2.32. The van der Waals surface area contributed by atoms with Crippen molar-refractivity contribution in [1.29, 1.82) is 0 Å². The highest BCUT2D eigenvalue weighted by molar-refractivity contribution is 5.75. The van der Waals surface area contributed by atoms with Crippen molar-refractivity contribution in [2.45, 2.75) is 72.3 Å². The van der Waals surface area contributed by atoms with E-state index in [4.69, 9.17) is 23.7 Å². The number of carbonyl (C=O) groups is 2. The average molecular weight is 426 g/mol. The van der Waals surface area contributed by atoms with Crippen LogP contribution in [-0.4, -0.2) is 50.7 Å². The summed E-state index contributed by atoms with van der Waals surface area (Å²) in [6.45, 7) is 11.3. The van der Waals surface area contributed by atoms with E-state index >= 15 is 0 Å². The van der Waals surface area contributed by atoms with Crippen molar-refractivity contribution in [1.82, 2.24) is 5.32 Å². The Hall–Kier alpha value is -2.48. The van der Waals surface area contributed by atoms with Gasteiger partial charge < -0.3 is 29.0 Å². The van der Waals surface area contributed by atoms with Crippen molar-refractivity contribution in [2.24, 2.45) is 0 Å². The third-order valence-corrected chi connectivity index (χ3v) is 3.90. The second kappa shape index (κ2) is 11.6. The van der Waals surface area contributed by atoms with E-state index in [1.807, 2.05) is 19.9 Å². The molecule has 1 unspecified atom stereocenters. The molecule has 0 saturated carbocycles. The molecule has 8 heteroatoms. The van der Waals surface area contributed by atoms with Gasteiger partial charge in [0.15, 0.2) is 6.10 Å². The molecule has 0 bridgehead atoms. The van der Waals surface area contributed by atoms with Crippen LogP contribution in [0, 0.1) is 0 Å². The number of hydrogen-bond donors (Lipinski definition) is 1. The molecule has 1 rings (SSSR count). The molecule has 1 N–H and O–H groups in total. The minimum absolute atomic E-state index is 0.156. The van der Waals surface area contributed by atoms with Crippen LogP contribution in [0.15, 0.2) is 12.1 Å². The monoisotopic (exact) mass is 425 g/mol. The second-order valence-corrected chi connectivity index (χ2v) is 7.96. The molecule has 0 aliphatic heterocycles. The summed E-state index contributed by atoms with van der Waals surface area (Å²) >= 11 is 0. The quantitative estimate of drug-likeness (QED) is 0.572. The van der Waals surface area contributed by atoms with E-state index in [0.717, 1.165) is 5.56 Å². The van der Waals surface area contributed by atoms with Crippen molar-refractivity contribution in [3.8, 4) is 11.5 Å². The van der Waals surface area contributed by atoms with Crippen molar-refractivity contribution in [3.05, 3.63) is 23.3 Å². The number of benzene rings is 1. The van der Waals surface area contributed by atoms with Gasteiger partial charge in [-0.2, -0.15) is 0 Å². The first kappa shape index (κ1) is 25.6. The molecule has 0 heterocycles. The van der Waals surface area contributed by atoms with Gasteiger partial charge in [-0.1, -0.05) is 0 Å². The molecule has 0 aromatic heterocycles. The fraction of sp³-hybridized carbons (Fsp3) is 0.636. The van der Waals surface area contributed by atoms with Crippen LogP contribution in [0.3, 0.4) is 0 Å². The van der Waals surface area contributed by atoms with Gasteiger partial charge >= 0.3 is 12.1 Å². The molecule has 0 aliphatic rings. The number of ether oxygens (including phenoxy) is 5. The van der Waals surface area contributed by atoms with Gasteiger partial charge in [0.2, 0.25) is 0 Å². The number of hydrogen-bond acceptors (Lipinski definition) is 7. The average Bonchev–Trinajstić information content (AvgIpc) is 2.64. The van der Waals surface area contributed by atoms with Gasteiger partial charge in [0.25, 0.3) is 0 Å². The maximum Gasteiger partial charge on any atom is 0.407 e. The molecule has 0 saturated heterocycles. The Morgan fingerprint density at radius 2 is 1.63 bits per heavy atom. The van der Waals surface area contributed by atoms with Gasteiger partial charge in [-0.05, 0) is 53.2 Å². The zero-order valence-electron chi connectivity index (χ0n) is 19.3. The molecule has 1 atom stereocenters. The zero-order chi connectivity index (χ0) is 22.9. The predicted molar refractivity (Wildman–Crippen MR) is 113 cm³/mol. The molecule has 0 radical (unpaired) electrons. The highest BCUT2D eigenvalue weighted by Gasteiger charge is 2.25. The molecule has 0 fully saturated rings. The minimum Gasteiger partial charge on any atom is -0.496 e. The van der Waals surface area contributed by atoms with E-state index in [1.54, 1.807) is 40.9 Å². The van der Waals surface area contributed by atoms with Crippen LogP contribution in [0.5, 0.6) is 11.5 Å². The van der Waals surface area contributed by atoms with Crippen LogP contribution in [0.25, 0.3) is 0 Å². The Morgan fingerprint density at radius 3 is 2.13 bits per heavy atom. The molecule has 0 spiro atoms. The van der Waals surface area contributed by atoms with Crippen LogP contribution >= 0.6 is 0 Å². The van der Waals surface area contributed by atoms with Crippen molar-refractivity contribution >= 4 is 12.1 Å². The van der Waals surface area contributed by atoms with E-state index in [1.165, 1.54) is 7.11 Å². The maximum absolute atomic E-state index is 12.4. The third-order valence-electron chi connectivity index (χ3n) is 3.90. The van der Waals surface area contributed by atoms with Crippen LogP contribution in [0.4, 0.5) is 4.79 Å². The van der Waals surface area contributed by atoms with Crippen LogP contribution in [0.2, 0.25) is 0 Å². The number of alkyl carbamates (subject to hydrolysis) is 1. The number of methoxy groups -OCH3 is 2. The SMILES string of the molecule is CCOC(=O)C(Cc1cc(CNC(=O)OC(C)(C)C)c(OC)cc1OC)OC(C)C. The first-order chi connectivity index (χ1) is 14.0. The molecule has 1 aromatic carbocycles. The van der Waals surface area contributed by atoms with E-state index in [2.05, 4.69) is 5.32 Å². The Bertz CT molecular complexity index is 710. The number of carbonyl (C=O) groups excluding carboxylic acids is 2. The predicted octanol–water partition coefficient (Wildman–Crippen LogP) is 3.63. The number of esters is 1. The number of amides is 1. The van der Waals surface area contributed by atoms with Gasteiger partial charge in [0.05, 0.1) is 26.9 Å². The van der Waals surface area contributed by atoms with Crippen LogP contribution in [-0.2, 0) is 32.0 Å². The highest BCUT2D eigenvalue weighted by atomic mass is 16.6. The lowest BCUT2D eigenvalue weighted by Gasteiger charge is -2.22. The minimum atomic E-state index is -0.779. The third kappa shape index (κ3) is 8.49. The molecule has 1 aromatic rings. The smallest absolute Gasteiger partial charge is 0.407 e. The van der Waals surface area contributed by atoms with Crippen LogP contribution < -0.4 is 14.8 Å². The van der Waals surface area contributed by atoms with E-state index < -0.39 is 23.8 Å². The Labute approximate surface area is 179 Å². The summed E-state index contributed by atoms with van der Waals surface area (Å²) in [6, 6.07) is 3.55. The first-order valence-corrected chi connectivity index (χ1v) is 10.0. The van der Waals surface area contributed by atoms with Crippen molar-refractivity contribution in [2.75, 3.05) is 20.8 Å². The first-order valence-electron chi connectivity index (χ1n) is 10.0. The summed E-state index contributed by atoms with van der Waals surface area (Å²) in [5.74, 6) is 0.663. The van der Waals surface area contributed by atoms with Crippen LogP contribution in [0.1, 0.15) is 52.7 Å². The molecule has 8 nitrogen and oxygen atoms in total. The van der Waals surface area contributed by atoms with Gasteiger partial charge in [-0.25, -0.2) is 9.59 Å². The van der Waals surface area contributed by atoms with E-state index in [9.17, 15) is 9.59 Å². The van der Waals surface area contributed by atoms with Gasteiger partial charge in [-0.15, -0.1) is 0 Å².